The van der Waals surface area contributed by atoms with Gasteiger partial charge in [0.15, 0.2) is 17.0 Å². The first-order valence-corrected chi connectivity index (χ1v) is 10.7. The minimum absolute atomic E-state index is 0.246. The molecule has 0 aliphatic carbocycles. The molecular formula is C24H23N7O3. The molecule has 0 amide bonds. The van der Waals surface area contributed by atoms with Crippen molar-refractivity contribution in [3.63, 3.8) is 0 Å². The first-order valence-electron chi connectivity index (χ1n) is 10.7. The van der Waals surface area contributed by atoms with Gasteiger partial charge in [0, 0.05) is 17.3 Å². The van der Waals surface area contributed by atoms with Gasteiger partial charge >= 0.3 is 0 Å². The lowest BCUT2D eigenvalue weighted by molar-refractivity contribution is 0.0738. The smallest absolute Gasteiger partial charge is 0.278 e. The van der Waals surface area contributed by atoms with Crippen LogP contribution in [0.15, 0.2) is 64.6 Å². The zero-order chi connectivity index (χ0) is 24.0. The molecule has 0 atom stereocenters. The topological polar surface area (TPSA) is 124 Å². The third-order valence-electron chi connectivity index (χ3n) is 5.46. The Hall–Kier alpha value is -4.31. The Balaban J connectivity index is 1.66. The molecule has 34 heavy (non-hydrogen) atoms. The summed E-state index contributed by atoms with van der Waals surface area (Å²) >= 11 is 0. The van der Waals surface area contributed by atoms with Gasteiger partial charge in [0.25, 0.3) is 5.56 Å². The molecule has 0 saturated carbocycles. The summed E-state index contributed by atoms with van der Waals surface area (Å²) in [5.41, 5.74) is 1.65. The van der Waals surface area contributed by atoms with Crippen LogP contribution < -0.4 is 10.9 Å². The monoisotopic (exact) mass is 457 g/mol. The second-order valence-corrected chi connectivity index (χ2v) is 8.46. The van der Waals surface area contributed by atoms with E-state index in [0.717, 1.165) is 16.8 Å². The number of benzene rings is 1. The molecule has 5 aromatic rings. The van der Waals surface area contributed by atoms with Crippen molar-refractivity contribution < 1.29 is 9.63 Å². The van der Waals surface area contributed by atoms with Crippen LogP contribution in [0.1, 0.15) is 25.2 Å². The lowest BCUT2D eigenvalue weighted by atomic mass is 10.1. The molecule has 1 aromatic carbocycles. The number of hydrogen-bond donors (Lipinski definition) is 2. The normalized spacial score (nSPS) is 11.9. The minimum atomic E-state index is -1.15. The van der Waals surface area contributed by atoms with Crippen LogP contribution in [0.4, 0.5) is 11.6 Å². The number of pyridine rings is 1. The number of fused-ring (bicyclic) bond motifs is 2. The SMILES string of the molecule is C=CCn1c(=O)c2cnc(Nc3ccc4onc(C)c4c3)nc2n1-c1cccc(C(C)(C)O)n1. The first kappa shape index (κ1) is 21.5. The van der Waals surface area contributed by atoms with Gasteiger partial charge in [-0.15, -0.1) is 6.58 Å². The van der Waals surface area contributed by atoms with Crippen molar-refractivity contribution in [1.82, 2.24) is 29.5 Å². The quantitative estimate of drug-likeness (QED) is 0.371. The van der Waals surface area contributed by atoms with Gasteiger partial charge in [-0.1, -0.05) is 17.3 Å². The Morgan fingerprint density at radius 2 is 2.03 bits per heavy atom. The van der Waals surface area contributed by atoms with Crippen LogP contribution in [0.2, 0.25) is 0 Å². The van der Waals surface area contributed by atoms with E-state index in [1.807, 2.05) is 25.1 Å². The number of hydrogen-bond acceptors (Lipinski definition) is 8. The Bertz CT molecular complexity index is 1600. The number of anilines is 2. The molecule has 0 unspecified atom stereocenters. The van der Waals surface area contributed by atoms with E-state index in [1.54, 1.807) is 42.8 Å². The van der Waals surface area contributed by atoms with Crippen LogP contribution in [-0.4, -0.2) is 34.6 Å². The van der Waals surface area contributed by atoms with Crippen LogP contribution in [0.25, 0.3) is 27.8 Å². The number of nitrogens with one attached hydrogen (secondary N) is 1. The molecule has 0 fully saturated rings. The largest absolute Gasteiger partial charge is 0.384 e. The molecule has 0 aliphatic rings. The molecule has 10 nitrogen and oxygen atoms in total. The number of rotatable bonds is 6. The van der Waals surface area contributed by atoms with E-state index in [2.05, 4.69) is 32.0 Å². The molecule has 4 heterocycles. The molecule has 2 N–H and O–H groups in total. The minimum Gasteiger partial charge on any atom is -0.384 e. The molecule has 0 saturated heterocycles. The van der Waals surface area contributed by atoms with Crippen LogP contribution >= 0.6 is 0 Å². The van der Waals surface area contributed by atoms with Gasteiger partial charge in [0.05, 0.1) is 17.9 Å². The molecule has 0 spiro atoms. The van der Waals surface area contributed by atoms with E-state index >= 15 is 0 Å². The lowest BCUT2D eigenvalue weighted by Crippen LogP contribution is -2.23. The molecule has 10 heteroatoms. The average molecular weight is 457 g/mol. The van der Waals surface area contributed by atoms with Gasteiger partial charge in [-0.05, 0) is 51.1 Å². The summed E-state index contributed by atoms with van der Waals surface area (Å²) in [5, 5.41) is 18.8. The van der Waals surface area contributed by atoms with Crippen LogP contribution in [-0.2, 0) is 12.1 Å². The molecular weight excluding hydrogens is 434 g/mol. The number of aryl methyl sites for hydroxylation is 1. The van der Waals surface area contributed by atoms with Crippen molar-refractivity contribution in [1.29, 1.82) is 0 Å². The fourth-order valence-corrected chi connectivity index (χ4v) is 3.76. The van der Waals surface area contributed by atoms with Gasteiger partial charge in [-0.2, -0.15) is 4.98 Å². The number of allylic oxidation sites excluding steroid dienone is 1. The molecule has 0 bridgehead atoms. The molecule has 5 rings (SSSR count). The zero-order valence-corrected chi connectivity index (χ0v) is 19.0. The summed E-state index contributed by atoms with van der Waals surface area (Å²) in [4.78, 5) is 26.7. The Morgan fingerprint density at radius 3 is 2.79 bits per heavy atom. The van der Waals surface area contributed by atoms with Crippen molar-refractivity contribution in [3.8, 4) is 5.82 Å². The summed E-state index contributed by atoms with van der Waals surface area (Å²) in [6.45, 7) is 9.19. The van der Waals surface area contributed by atoms with Crippen LogP contribution in [0, 0.1) is 6.92 Å². The summed E-state index contributed by atoms with van der Waals surface area (Å²) in [6.07, 6.45) is 3.12. The van der Waals surface area contributed by atoms with E-state index in [9.17, 15) is 9.90 Å². The molecule has 0 aliphatic heterocycles. The Kier molecular flexibility index (Phi) is 5.02. The highest BCUT2D eigenvalue weighted by atomic mass is 16.5. The van der Waals surface area contributed by atoms with E-state index in [0.29, 0.717) is 34.1 Å². The van der Waals surface area contributed by atoms with Crippen molar-refractivity contribution in [3.05, 3.63) is 77.0 Å². The number of aromatic nitrogens is 6. The highest BCUT2D eigenvalue weighted by Crippen LogP contribution is 2.25. The van der Waals surface area contributed by atoms with Gasteiger partial charge < -0.3 is 14.9 Å². The zero-order valence-electron chi connectivity index (χ0n) is 19.0. The fraction of sp³-hybridized carbons (Fsp3) is 0.208. The molecule has 4 aromatic heterocycles. The summed E-state index contributed by atoms with van der Waals surface area (Å²) in [5.74, 6) is 0.754. The second-order valence-electron chi connectivity index (χ2n) is 8.46. The maximum absolute atomic E-state index is 13.1. The van der Waals surface area contributed by atoms with E-state index < -0.39 is 5.60 Å². The maximum Gasteiger partial charge on any atom is 0.278 e. The van der Waals surface area contributed by atoms with Crippen molar-refractivity contribution >= 4 is 33.6 Å². The lowest BCUT2D eigenvalue weighted by Gasteiger charge is -2.18. The average Bonchev–Trinajstić information content (AvgIpc) is 3.31. The van der Waals surface area contributed by atoms with E-state index in [4.69, 9.17) is 4.52 Å². The Morgan fingerprint density at radius 1 is 1.21 bits per heavy atom. The Labute approximate surface area is 194 Å². The highest BCUT2D eigenvalue weighted by molar-refractivity contribution is 5.84. The number of aliphatic hydroxyl groups is 1. The third-order valence-corrected chi connectivity index (χ3v) is 5.46. The van der Waals surface area contributed by atoms with Crippen molar-refractivity contribution in [2.75, 3.05) is 5.32 Å². The van der Waals surface area contributed by atoms with Gasteiger partial charge in [0.2, 0.25) is 5.95 Å². The van der Waals surface area contributed by atoms with Crippen LogP contribution in [0.5, 0.6) is 0 Å². The fourth-order valence-electron chi connectivity index (χ4n) is 3.76. The van der Waals surface area contributed by atoms with Gasteiger partial charge in [0.1, 0.15) is 11.0 Å². The highest BCUT2D eigenvalue weighted by Gasteiger charge is 2.21. The van der Waals surface area contributed by atoms with E-state index in [-0.39, 0.29) is 12.1 Å². The third kappa shape index (κ3) is 3.63. The van der Waals surface area contributed by atoms with E-state index in [1.165, 1.54) is 10.9 Å². The molecule has 0 radical (unpaired) electrons. The standard InChI is InChI=1S/C24H23N7O3/c1-5-11-30-22(32)17-13-25-23(26-15-9-10-18-16(12-15)14(2)29-34-18)28-21(17)31(30)20-8-6-7-19(27-20)24(3,4)33/h5-10,12-13,33H,1,11H2,2-4H3,(H,25,26,28). The predicted molar refractivity (Wildman–Crippen MR) is 128 cm³/mol. The van der Waals surface area contributed by atoms with Gasteiger partial charge in [-0.3, -0.25) is 4.79 Å². The predicted octanol–water partition coefficient (Wildman–Crippen LogP) is 3.58. The summed E-state index contributed by atoms with van der Waals surface area (Å²) < 4.78 is 8.37. The van der Waals surface area contributed by atoms with Gasteiger partial charge in [-0.25, -0.2) is 19.3 Å². The van der Waals surface area contributed by atoms with Crippen LogP contribution in [0.3, 0.4) is 0 Å². The second kappa shape index (κ2) is 7.92. The number of nitrogens with zero attached hydrogens (tertiary/aromatic N) is 6. The van der Waals surface area contributed by atoms with Crippen molar-refractivity contribution in [2.24, 2.45) is 0 Å². The molecule has 172 valence electrons. The maximum atomic E-state index is 13.1. The van der Waals surface area contributed by atoms with Crippen molar-refractivity contribution in [2.45, 2.75) is 32.9 Å². The summed E-state index contributed by atoms with van der Waals surface area (Å²) in [6, 6.07) is 10.8. The summed E-state index contributed by atoms with van der Waals surface area (Å²) in [7, 11) is 0. The first-order chi connectivity index (χ1) is 16.3.